The molecule has 0 bridgehead atoms. The Labute approximate surface area is 82.8 Å². The largest absolute Gasteiger partial charge is 0.411 e. The van der Waals surface area contributed by atoms with Gasteiger partial charge in [-0.1, -0.05) is 22.5 Å². The van der Waals surface area contributed by atoms with Crippen LogP contribution < -0.4 is 5.32 Å². The summed E-state index contributed by atoms with van der Waals surface area (Å²) in [6.45, 7) is 3.48. The molecule has 5 heteroatoms. The molecule has 2 unspecified atom stereocenters. The Morgan fingerprint density at radius 1 is 1.29 bits per heavy atom. The number of rotatable bonds is 2. The molecule has 5 nitrogen and oxygen atoms in total. The van der Waals surface area contributed by atoms with E-state index >= 15 is 0 Å². The Balaban J connectivity index is 2.70. The van der Waals surface area contributed by atoms with Gasteiger partial charge < -0.3 is 10.4 Å². The smallest absolute Gasteiger partial charge is 0.0748 e. The van der Waals surface area contributed by atoms with E-state index in [-0.39, 0.29) is 12.1 Å². The molecular formula is C9H15N3O2. The third-order valence-electron chi connectivity index (χ3n) is 2.35. The summed E-state index contributed by atoms with van der Waals surface area (Å²) in [7, 11) is 0. The molecule has 0 spiro atoms. The summed E-state index contributed by atoms with van der Waals surface area (Å²) in [6, 6.07) is -0.0813. The lowest BCUT2D eigenvalue weighted by Gasteiger charge is -2.25. The maximum atomic E-state index is 8.61. The van der Waals surface area contributed by atoms with E-state index < -0.39 is 0 Å². The Kier molecular flexibility index (Phi) is 3.64. The minimum Gasteiger partial charge on any atom is -0.411 e. The summed E-state index contributed by atoms with van der Waals surface area (Å²) in [4.78, 5) is 0. The summed E-state index contributed by atoms with van der Waals surface area (Å²) in [5.74, 6) is 0. The highest BCUT2D eigenvalue weighted by molar-refractivity contribution is 5.91. The van der Waals surface area contributed by atoms with Crippen LogP contribution in [0.1, 0.15) is 20.3 Å². The van der Waals surface area contributed by atoms with E-state index in [0.717, 1.165) is 6.42 Å². The average Bonchev–Trinajstić information content (AvgIpc) is 2.27. The first kappa shape index (κ1) is 10.7. The van der Waals surface area contributed by atoms with Crippen LogP contribution in [0.5, 0.6) is 0 Å². The lowest BCUT2D eigenvalue weighted by molar-refractivity contribution is 0.312. The minimum absolute atomic E-state index is 0.00620. The molecule has 0 aromatic carbocycles. The summed E-state index contributed by atoms with van der Waals surface area (Å²) in [6.07, 6.45) is 4.69. The van der Waals surface area contributed by atoms with Crippen LogP contribution in [-0.4, -0.2) is 33.9 Å². The molecule has 0 aromatic rings. The first-order valence-corrected chi connectivity index (χ1v) is 4.49. The quantitative estimate of drug-likeness (QED) is 0.267. The number of nitrogens with zero attached hydrogens (tertiary/aromatic N) is 2. The highest BCUT2D eigenvalue weighted by Gasteiger charge is 2.21. The molecule has 0 fully saturated rings. The number of hydrogen-bond acceptors (Lipinski definition) is 5. The van der Waals surface area contributed by atoms with E-state index in [1.54, 1.807) is 13.8 Å². The fourth-order valence-electron chi connectivity index (χ4n) is 1.37. The lowest BCUT2D eigenvalue weighted by atomic mass is 10.0. The fourth-order valence-corrected chi connectivity index (χ4v) is 1.37. The molecule has 3 N–H and O–H groups in total. The van der Waals surface area contributed by atoms with Crippen molar-refractivity contribution in [2.75, 3.05) is 0 Å². The zero-order valence-electron chi connectivity index (χ0n) is 8.31. The average molecular weight is 197 g/mol. The van der Waals surface area contributed by atoms with E-state index in [4.69, 9.17) is 10.4 Å². The molecule has 0 saturated heterocycles. The first-order valence-electron chi connectivity index (χ1n) is 4.49. The van der Waals surface area contributed by atoms with Crippen molar-refractivity contribution in [1.29, 1.82) is 0 Å². The van der Waals surface area contributed by atoms with Crippen molar-refractivity contribution in [2.45, 2.75) is 32.4 Å². The SMILES string of the molecule is CC(=NO)C1C=CCC(C(C)=NO)N1. The molecule has 0 amide bonds. The van der Waals surface area contributed by atoms with Crippen LogP contribution in [0.15, 0.2) is 22.5 Å². The van der Waals surface area contributed by atoms with Crippen LogP contribution in [0.3, 0.4) is 0 Å². The van der Waals surface area contributed by atoms with E-state index in [2.05, 4.69) is 15.6 Å². The van der Waals surface area contributed by atoms with E-state index in [9.17, 15) is 0 Å². The van der Waals surface area contributed by atoms with Gasteiger partial charge in [0.15, 0.2) is 0 Å². The van der Waals surface area contributed by atoms with Crippen LogP contribution in [0.25, 0.3) is 0 Å². The summed E-state index contributed by atoms with van der Waals surface area (Å²) in [5, 5.41) is 26.7. The second kappa shape index (κ2) is 4.76. The van der Waals surface area contributed by atoms with Crippen LogP contribution in [0, 0.1) is 0 Å². The second-order valence-corrected chi connectivity index (χ2v) is 3.34. The van der Waals surface area contributed by atoms with Crippen molar-refractivity contribution in [3.63, 3.8) is 0 Å². The van der Waals surface area contributed by atoms with Crippen LogP contribution in [-0.2, 0) is 0 Å². The van der Waals surface area contributed by atoms with Crippen molar-refractivity contribution in [1.82, 2.24) is 5.32 Å². The predicted octanol–water partition coefficient (Wildman–Crippen LogP) is 0.973. The summed E-state index contributed by atoms with van der Waals surface area (Å²) >= 11 is 0. The molecule has 1 aliphatic heterocycles. The molecule has 1 rings (SSSR count). The van der Waals surface area contributed by atoms with Crippen LogP contribution in [0.4, 0.5) is 0 Å². The molecule has 0 aliphatic carbocycles. The molecule has 0 radical (unpaired) electrons. The predicted molar refractivity (Wildman–Crippen MR) is 54.3 cm³/mol. The minimum atomic E-state index is -0.0875. The molecular weight excluding hydrogens is 182 g/mol. The highest BCUT2D eigenvalue weighted by Crippen LogP contribution is 2.07. The Morgan fingerprint density at radius 3 is 2.50 bits per heavy atom. The number of nitrogens with one attached hydrogen (secondary N) is 1. The van der Waals surface area contributed by atoms with Gasteiger partial charge in [-0.05, 0) is 20.3 Å². The van der Waals surface area contributed by atoms with Gasteiger partial charge >= 0.3 is 0 Å². The normalized spacial score (nSPS) is 29.3. The van der Waals surface area contributed by atoms with Crippen molar-refractivity contribution in [3.05, 3.63) is 12.2 Å². The molecule has 0 saturated carbocycles. The molecule has 0 aromatic heterocycles. The standard InChI is InChI=1S/C9H15N3O2/c1-6(11-13)8-4-3-5-9(10-8)7(2)12-14/h3-4,8-10,13-14H,5H2,1-2H3. The Hall–Kier alpha value is -1.36. The molecule has 1 aliphatic rings. The fraction of sp³-hybridized carbons (Fsp3) is 0.556. The third kappa shape index (κ3) is 2.32. The Morgan fingerprint density at radius 2 is 1.93 bits per heavy atom. The summed E-state index contributed by atoms with van der Waals surface area (Å²) < 4.78 is 0. The van der Waals surface area contributed by atoms with Crippen molar-refractivity contribution in [3.8, 4) is 0 Å². The second-order valence-electron chi connectivity index (χ2n) is 3.34. The first-order chi connectivity index (χ1) is 6.69. The van der Waals surface area contributed by atoms with Gasteiger partial charge in [-0.25, -0.2) is 0 Å². The third-order valence-corrected chi connectivity index (χ3v) is 2.35. The van der Waals surface area contributed by atoms with E-state index in [0.29, 0.717) is 11.4 Å². The number of hydrogen-bond donors (Lipinski definition) is 3. The highest BCUT2D eigenvalue weighted by atomic mass is 16.4. The summed E-state index contributed by atoms with van der Waals surface area (Å²) in [5.41, 5.74) is 1.22. The number of oxime groups is 2. The van der Waals surface area contributed by atoms with Crippen molar-refractivity contribution < 1.29 is 10.4 Å². The lowest BCUT2D eigenvalue weighted by Crippen LogP contribution is -2.46. The van der Waals surface area contributed by atoms with Gasteiger partial charge in [-0.3, -0.25) is 5.32 Å². The zero-order chi connectivity index (χ0) is 10.6. The van der Waals surface area contributed by atoms with Gasteiger partial charge in [-0.15, -0.1) is 0 Å². The van der Waals surface area contributed by atoms with Gasteiger partial charge in [0.25, 0.3) is 0 Å². The monoisotopic (exact) mass is 197 g/mol. The molecule has 2 atom stereocenters. The molecule has 78 valence electrons. The van der Waals surface area contributed by atoms with Gasteiger partial charge in [0.1, 0.15) is 0 Å². The van der Waals surface area contributed by atoms with Crippen molar-refractivity contribution >= 4 is 11.4 Å². The van der Waals surface area contributed by atoms with Gasteiger partial charge in [0, 0.05) is 0 Å². The van der Waals surface area contributed by atoms with Crippen molar-refractivity contribution in [2.24, 2.45) is 10.3 Å². The van der Waals surface area contributed by atoms with Gasteiger partial charge in [0.2, 0.25) is 0 Å². The van der Waals surface area contributed by atoms with E-state index in [1.165, 1.54) is 0 Å². The molecule has 1 heterocycles. The maximum absolute atomic E-state index is 8.61. The van der Waals surface area contributed by atoms with Crippen LogP contribution in [0.2, 0.25) is 0 Å². The molecule has 14 heavy (non-hydrogen) atoms. The topological polar surface area (TPSA) is 77.2 Å². The maximum Gasteiger partial charge on any atom is 0.0748 e. The van der Waals surface area contributed by atoms with E-state index in [1.807, 2.05) is 12.2 Å². The zero-order valence-corrected chi connectivity index (χ0v) is 8.31. The van der Waals surface area contributed by atoms with Crippen LogP contribution >= 0.6 is 0 Å². The Bertz CT molecular complexity index is 284. The van der Waals surface area contributed by atoms with Gasteiger partial charge in [0.05, 0.1) is 23.5 Å². The van der Waals surface area contributed by atoms with Gasteiger partial charge in [-0.2, -0.15) is 0 Å².